The maximum Gasteiger partial charge on any atom is 0.124 e. The molecule has 0 unspecified atom stereocenters. The van der Waals surface area contributed by atoms with E-state index < -0.39 is 0 Å². The van der Waals surface area contributed by atoms with Crippen LogP contribution in [0.4, 0.5) is 0 Å². The Morgan fingerprint density at radius 2 is 2.23 bits per heavy atom. The maximum absolute atomic E-state index is 5.78. The number of hydrogen-bond donors (Lipinski definition) is 1. The van der Waals surface area contributed by atoms with Crippen LogP contribution >= 0.6 is 0 Å². The van der Waals surface area contributed by atoms with Gasteiger partial charge in [0.25, 0.3) is 0 Å². The SMILES string of the molecule is C=CCOc1ccccc1[C@@H](C)N. The monoisotopic (exact) mass is 177 g/mol. The van der Waals surface area contributed by atoms with Crippen LogP contribution in [0.2, 0.25) is 0 Å². The standard InChI is InChI=1S/C11H15NO/c1-3-8-13-11-7-5-4-6-10(11)9(2)12/h3-7,9H,1,8,12H2,2H3/t9-/m1/s1. The summed E-state index contributed by atoms with van der Waals surface area (Å²) >= 11 is 0. The highest BCUT2D eigenvalue weighted by molar-refractivity contribution is 5.35. The molecule has 0 aromatic heterocycles. The van der Waals surface area contributed by atoms with E-state index in [9.17, 15) is 0 Å². The fourth-order valence-corrected chi connectivity index (χ4v) is 1.14. The molecule has 0 saturated carbocycles. The lowest BCUT2D eigenvalue weighted by Gasteiger charge is -2.12. The molecule has 2 heteroatoms. The summed E-state index contributed by atoms with van der Waals surface area (Å²) in [7, 11) is 0. The van der Waals surface area contributed by atoms with E-state index in [1.165, 1.54) is 0 Å². The number of benzene rings is 1. The molecular weight excluding hydrogens is 162 g/mol. The Hall–Kier alpha value is -1.28. The van der Waals surface area contributed by atoms with Crippen molar-refractivity contribution in [2.45, 2.75) is 13.0 Å². The third kappa shape index (κ3) is 2.60. The highest BCUT2D eigenvalue weighted by Gasteiger charge is 2.05. The zero-order valence-corrected chi connectivity index (χ0v) is 7.86. The van der Waals surface area contributed by atoms with Gasteiger partial charge < -0.3 is 10.5 Å². The average Bonchev–Trinajstić information content (AvgIpc) is 2.15. The quantitative estimate of drug-likeness (QED) is 0.716. The van der Waals surface area contributed by atoms with Crippen LogP contribution in [0.1, 0.15) is 18.5 Å². The van der Waals surface area contributed by atoms with Gasteiger partial charge >= 0.3 is 0 Å². The fourth-order valence-electron chi connectivity index (χ4n) is 1.14. The molecule has 2 nitrogen and oxygen atoms in total. The van der Waals surface area contributed by atoms with E-state index in [0.717, 1.165) is 11.3 Å². The van der Waals surface area contributed by atoms with Crippen LogP contribution in [0.5, 0.6) is 5.75 Å². The minimum absolute atomic E-state index is 0.000940. The van der Waals surface area contributed by atoms with Gasteiger partial charge in [-0.3, -0.25) is 0 Å². The molecule has 0 aliphatic carbocycles. The van der Waals surface area contributed by atoms with E-state index >= 15 is 0 Å². The second kappa shape index (κ2) is 4.67. The smallest absolute Gasteiger partial charge is 0.124 e. The predicted molar refractivity (Wildman–Crippen MR) is 54.7 cm³/mol. The molecule has 0 spiro atoms. The molecule has 0 saturated heterocycles. The molecule has 0 heterocycles. The minimum atomic E-state index is 0.000940. The molecule has 1 aromatic rings. The van der Waals surface area contributed by atoms with Gasteiger partial charge in [0.05, 0.1) is 0 Å². The first-order chi connectivity index (χ1) is 6.25. The van der Waals surface area contributed by atoms with Crippen molar-refractivity contribution in [3.8, 4) is 5.75 Å². The lowest BCUT2D eigenvalue weighted by Crippen LogP contribution is -2.07. The van der Waals surface area contributed by atoms with E-state index in [4.69, 9.17) is 10.5 Å². The number of hydrogen-bond acceptors (Lipinski definition) is 2. The Balaban J connectivity index is 2.84. The van der Waals surface area contributed by atoms with Crippen LogP contribution in [-0.4, -0.2) is 6.61 Å². The van der Waals surface area contributed by atoms with Crippen LogP contribution in [0.25, 0.3) is 0 Å². The molecule has 0 aliphatic heterocycles. The summed E-state index contributed by atoms with van der Waals surface area (Å²) in [5, 5.41) is 0. The van der Waals surface area contributed by atoms with Crippen LogP contribution in [0.15, 0.2) is 36.9 Å². The van der Waals surface area contributed by atoms with Gasteiger partial charge in [-0.25, -0.2) is 0 Å². The van der Waals surface area contributed by atoms with Crippen molar-refractivity contribution in [3.63, 3.8) is 0 Å². The summed E-state index contributed by atoms with van der Waals surface area (Å²) < 4.78 is 5.45. The molecule has 0 amide bonds. The summed E-state index contributed by atoms with van der Waals surface area (Å²) in [6, 6.07) is 7.79. The van der Waals surface area contributed by atoms with Crippen molar-refractivity contribution in [1.29, 1.82) is 0 Å². The average molecular weight is 177 g/mol. The van der Waals surface area contributed by atoms with Crippen molar-refractivity contribution >= 4 is 0 Å². The molecule has 0 bridgehead atoms. The van der Waals surface area contributed by atoms with E-state index in [1.54, 1.807) is 6.08 Å². The van der Waals surface area contributed by atoms with Gasteiger partial charge in [0.2, 0.25) is 0 Å². The molecule has 0 fully saturated rings. The minimum Gasteiger partial charge on any atom is -0.489 e. The zero-order chi connectivity index (χ0) is 9.68. The van der Waals surface area contributed by atoms with Crippen molar-refractivity contribution < 1.29 is 4.74 Å². The number of rotatable bonds is 4. The second-order valence-electron chi connectivity index (χ2n) is 2.93. The number of para-hydroxylation sites is 1. The van der Waals surface area contributed by atoms with Gasteiger partial charge in [-0.1, -0.05) is 30.9 Å². The topological polar surface area (TPSA) is 35.2 Å². The first-order valence-electron chi connectivity index (χ1n) is 4.34. The van der Waals surface area contributed by atoms with Crippen molar-refractivity contribution in [2.24, 2.45) is 5.73 Å². The van der Waals surface area contributed by atoms with Gasteiger partial charge in [0.1, 0.15) is 12.4 Å². The van der Waals surface area contributed by atoms with E-state index in [1.807, 2.05) is 31.2 Å². The molecule has 0 radical (unpaired) electrons. The molecular formula is C11H15NO. The van der Waals surface area contributed by atoms with Crippen LogP contribution in [0.3, 0.4) is 0 Å². The van der Waals surface area contributed by atoms with E-state index in [-0.39, 0.29) is 6.04 Å². The van der Waals surface area contributed by atoms with Gasteiger partial charge in [0, 0.05) is 11.6 Å². The summed E-state index contributed by atoms with van der Waals surface area (Å²) in [6.07, 6.45) is 1.72. The Kier molecular flexibility index (Phi) is 3.53. The summed E-state index contributed by atoms with van der Waals surface area (Å²) in [4.78, 5) is 0. The Morgan fingerprint density at radius 1 is 1.54 bits per heavy atom. The van der Waals surface area contributed by atoms with Crippen LogP contribution in [-0.2, 0) is 0 Å². The molecule has 1 atom stereocenters. The van der Waals surface area contributed by atoms with Crippen LogP contribution in [0, 0.1) is 0 Å². The zero-order valence-electron chi connectivity index (χ0n) is 7.86. The van der Waals surface area contributed by atoms with Crippen molar-refractivity contribution in [2.75, 3.05) is 6.61 Å². The van der Waals surface area contributed by atoms with Gasteiger partial charge in [-0.05, 0) is 13.0 Å². The highest BCUT2D eigenvalue weighted by Crippen LogP contribution is 2.22. The molecule has 70 valence electrons. The molecule has 1 aromatic carbocycles. The third-order valence-electron chi connectivity index (χ3n) is 1.77. The Bertz CT molecular complexity index is 281. The summed E-state index contributed by atoms with van der Waals surface area (Å²) in [5.74, 6) is 0.845. The molecule has 1 rings (SSSR count). The summed E-state index contributed by atoms with van der Waals surface area (Å²) in [6.45, 7) is 6.05. The molecule has 0 aliphatic rings. The number of nitrogens with two attached hydrogens (primary N) is 1. The van der Waals surface area contributed by atoms with Gasteiger partial charge in [-0.2, -0.15) is 0 Å². The second-order valence-corrected chi connectivity index (χ2v) is 2.93. The number of ether oxygens (including phenoxy) is 1. The highest BCUT2D eigenvalue weighted by atomic mass is 16.5. The first kappa shape index (κ1) is 9.81. The Labute approximate surface area is 79.0 Å². The molecule has 13 heavy (non-hydrogen) atoms. The van der Waals surface area contributed by atoms with Crippen LogP contribution < -0.4 is 10.5 Å². The lowest BCUT2D eigenvalue weighted by atomic mass is 10.1. The fraction of sp³-hybridized carbons (Fsp3) is 0.273. The van der Waals surface area contributed by atoms with E-state index in [0.29, 0.717) is 6.61 Å². The van der Waals surface area contributed by atoms with Gasteiger partial charge in [0.15, 0.2) is 0 Å². The summed E-state index contributed by atoms with van der Waals surface area (Å²) in [5.41, 5.74) is 6.81. The maximum atomic E-state index is 5.78. The normalized spacial score (nSPS) is 12.2. The largest absolute Gasteiger partial charge is 0.489 e. The predicted octanol–water partition coefficient (Wildman–Crippen LogP) is 2.27. The Morgan fingerprint density at radius 3 is 2.85 bits per heavy atom. The third-order valence-corrected chi connectivity index (χ3v) is 1.77. The van der Waals surface area contributed by atoms with E-state index in [2.05, 4.69) is 6.58 Å². The molecule has 2 N–H and O–H groups in total. The van der Waals surface area contributed by atoms with Gasteiger partial charge in [-0.15, -0.1) is 0 Å². The lowest BCUT2D eigenvalue weighted by molar-refractivity contribution is 0.357. The first-order valence-corrected chi connectivity index (χ1v) is 4.34. The van der Waals surface area contributed by atoms with Crippen molar-refractivity contribution in [3.05, 3.63) is 42.5 Å². The van der Waals surface area contributed by atoms with Crippen molar-refractivity contribution in [1.82, 2.24) is 0 Å².